The van der Waals surface area contributed by atoms with E-state index in [1.54, 1.807) is 0 Å². The Labute approximate surface area is 105 Å². The predicted molar refractivity (Wildman–Crippen MR) is 72.5 cm³/mol. The van der Waals surface area contributed by atoms with E-state index in [0.717, 1.165) is 12.2 Å². The molecule has 0 bridgehead atoms. The van der Waals surface area contributed by atoms with Crippen LogP contribution in [0, 0.1) is 0 Å². The van der Waals surface area contributed by atoms with Crippen LogP contribution in [0.3, 0.4) is 0 Å². The lowest BCUT2D eigenvalue weighted by Crippen LogP contribution is -2.52. The number of benzene rings is 1. The van der Waals surface area contributed by atoms with E-state index in [2.05, 4.69) is 30.9 Å². The lowest BCUT2D eigenvalue weighted by Gasteiger charge is -2.34. The van der Waals surface area contributed by atoms with Crippen molar-refractivity contribution in [3.05, 3.63) is 29.8 Å². The monoisotopic (exact) mass is 236 g/mol. The van der Waals surface area contributed by atoms with Gasteiger partial charge in [-0.2, -0.15) is 0 Å². The first kappa shape index (κ1) is 14.0. The average Bonchev–Trinajstić information content (AvgIpc) is 2.36. The molecule has 0 saturated heterocycles. The predicted octanol–water partition coefficient (Wildman–Crippen LogP) is 1.91. The molecule has 0 aromatic heterocycles. The molecule has 3 heteroatoms. The van der Waals surface area contributed by atoms with Crippen molar-refractivity contribution in [1.82, 2.24) is 4.90 Å². The molecule has 0 aliphatic carbocycles. The van der Waals surface area contributed by atoms with Gasteiger partial charge in [0, 0.05) is 6.54 Å². The summed E-state index contributed by atoms with van der Waals surface area (Å²) < 4.78 is 5.84. The SMILES string of the molecule is CCc1cccc(OCC(C)(CN)N(C)C)c1. The summed E-state index contributed by atoms with van der Waals surface area (Å²) in [5.41, 5.74) is 6.98. The van der Waals surface area contributed by atoms with Crippen LogP contribution in [0.4, 0.5) is 0 Å². The highest BCUT2D eigenvalue weighted by Crippen LogP contribution is 2.17. The highest BCUT2D eigenvalue weighted by molar-refractivity contribution is 5.28. The molecule has 0 amide bonds. The third-order valence-corrected chi connectivity index (χ3v) is 3.38. The normalized spacial score (nSPS) is 14.7. The number of nitrogens with zero attached hydrogens (tertiary/aromatic N) is 1. The van der Waals surface area contributed by atoms with Crippen LogP contribution in [-0.2, 0) is 6.42 Å². The summed E-state index contributed by atoms with van der Waals surface area (Å²) >= 11 is 0. The van der Waals surface area contributed by atoms with Crippen molar-refractivity contribution >= 4 is 0 Å². The Kier molecular flexibility index (Phi) is 4.97. The van der Waals surface area contributed by atoms with E-state index in [1.807, 2.05) is 26.2 Å². The van der Waals surface area contributed by atoms with Gasteiger partial charge in [0.1, 0.15) is 12.4 Å². The van der Waals surface area contributed by atoms with Crippen molar-refractivity contribution in [2.75, 3.05) is 27.2 Å². The third kappa shape index (κ3) is 3.72. The number of hydrogen-bond acceptors (Lipinski definition) is 3. The van der Waals surface area contributed by atoms with Crippen LogP contribution in [0.1, 0.15) is 19.4 Å². The summed E-state index contributed by atoms with van der Waals surface area (Å²) in [4.78, 5) is 2.11. The smallest absolute Gasteiger partial charge is 0.119 e. The highest BCUT2D eigenvalue weighted by Gasteiger charge is 2.26. The molecule has 0 aliphatic heterocycles. The Hall–Kier alpha value is -1.06. The standard InChI is InChI=1S/C14H24N2O/c1-5-12-7-6-8-13(9-12)17-11-14(2,10-15)16(3)4/h6-9H,5,10-11,15H2,1-4H3. The second-order valence-electron chi connectivity index (χ2n) is 4.89. The van der Waals surface area contributed by atoms with Gasteiger partial charge in [-0.15, -0.1) is 0 Å². The van der Waals surface area contributed by atoms with Crippen molar-refractivity contribution in [1.29, 1.82) is 0 Å². The maximum atomic E-state index is 5.84. The van der Waals surface area contributed by atoms with Crippen LogP contribution in [0.5, 0.6) is 5.75 Å². The van der Waals surface area contributed by atoms with Gasteiger partial charge in [0.2, 0.25) is 0 Å². The van der Waals surface area contributed by atoms with E-state index >= 15 is 0 Å². The van der Waals surface area contributed by atoms with E-state index in [4.69, 9.17) is 10.5 Å². The van der Waals surface area contributed by atoms with Crippen molar-refractivity contribution in [2.24, 2.45) is 5.73 Å². The van der Waals surface area contributed by atoms with Crippen LogP contribution in [0.15, 0.2) is 24.3 Å². The molecule has 0 fully saturated rings. The van der Waals surface area contributed by atoms with Gasteiger partial charge >= 0.3 is 0 Å². The molecule has 0 heterocycles. The summed E-state index contributed by atoms with van der Waals surface area (Å²) in [5, 5.41) is 0. The minimum Gasteiger partial charge on any atom is -0.492 e. The maximum Gasteiger partial charge on any atom is 0.119 e. The number of aryl methyl sites for hydroxylation is 1. The molecule has 3 nitrogen and oxygen atoms in total. The molecule has 17 heavy (non-hydrogen) atoms. The van der Waals surface area contributed by atoms with E-state index in [1.165, 1.54) is 5.56 Å². The van der Waals surface area contributed by atoms with Gasteiger partial charge in [-0.3, -0.25) is 4.90 Å². The number of rotatable bonds is 6. The molecular formula is C14H24N2O. The molecule has 0 radical (unpaired) electrons. The van der Waals surface area contributed by atoms with E-state index < -0.39 is 0 Å². The molecule has 2 N–H and O–H groups in total. The summed E-state index contributed by atoms with van der Waals surface area (Å²) in [6, 6.07) is 8.23. The van der Waals surface area contributed by atoms with Crippen LogP contribution in [-0.4, -0.2) is 37.7 Å². The van der Waals surface area contributed by atoms with Gasteiger partial charge < -0.3 is 10.5 Å². The van der Waals surface area contributed by atoms with Gasteiger partial charge in [0.25, 0.3) is 0 Å². The number of likely N-dealkylation sites (N-methyl/N-ethyl adjacent to an activating group) is 1. The van der Waals surface area contributed by atoms with E-state index in [9.17, 15) is 0 Å². The molecule has 1 atom stereocenters. The average molecular weight is 236 g/mol. The Balaban J connectivity index is 2.65. The molecule has 1 rings (SSSR count). The molecule has 0 saturated carbocycles. The summed E-state index contributed by atoms with van der Waals surface area (Å²) in [6.07, 6.45) is 1.03. The molecule has 0 aliphatic rings. The lowest BCUT2D eigenvalue weighted by molar-refractivity contribution is 0.104. The number of nitrogens with two attached hydrogens (primary N) is 1. The first-order valence-corrected chi connectivity index (χ1v) is 6.11. The Bertz CT molecular complexity index is 352. The summed E-state index contributed by atoms with van der Waals surface area (Å²) in [6.45, 7) is 5.43. The van der Waals surface area contributed by atoms with Gasteiger partial charge in [0.15, 0.2) is 0 Å². The summed E-state index contributed by atoms with van der Waals surface area (Å²) in [5.74, 6) is 0.922. The molecule has 1 unspecified atom stereocenters. The second kappa shape index (κ2) is 6.03. The third-order valence-electron chi connectivity index (χ3n) is 3.38. The quantitative estimate of drug-likeness (QED) is 0.820. The van der Waals surface area contributed by atoms with Gasteiger partial charge in [0.05, 0.1) is 5.54 Å². The minimum atomic E-state index is -0.123. The van der Waals surface area contributed by atoms with Crippen molar-refractivity contribution < 1.29 is 4.74 Å². The zero-order chi connectivity index (χ0) is 12.9. The first-order valence-electron chi connectivity index (χ1n) is 6.11. The van der Waals surface area contributed by atoms with Crippen molar-refractivity contribution in [3.8, 4) is 5.75 Å². The molecule has 1 aromatic rings. The molecule has 0 spiro atoms. The molecule has 1 aromatic carbocycles. The fraction of sp³-hybridized carbons (Fsp3) is 0.571. The zero-order valence-corrected chi connectivity index (χ0v) is 11.4. The number of hydrogen-bond donors (Lipinski definition) is 1. The van der Waals surface area contributed by atoms with Crippen molar-refractivity contribution in [3.63, 3.8) is 0 Å². The second-order valence-corrected chi connectivity index (χ2v) is 4.89. The van der Waals surface area contributed by atoms with Gasteiger partial charge in [-0.05, 0) is 45.1 Å². The van der Waals surface area contributed by atoms with Crippen LogP contribution >= 0.6 is 0 Å². The van der Waals surface area contributed by atoms with Gasteiger partial charge in [-0.25, -0.2) is 0 Å². The van der Waals surface area contributed by atoms with E-state index in [-0.39, 0.29) is 5.54 Å². The number of ether oxygens (including phenoxy) is 1. The largest absolute Gasteiger partial charge is 0.492 e. The first-order chi connectivity index (χ1) is 8.01. The fourth-order valence-electron chi connectivity index (χ4n) is 1.46. The van der Waals surface area contributed by atoms with Crippen LogP contribution in [0.2, 0.25) is 0 Å². The highest BCUT2D eigenvalue weighted by atomic mass is 16.5. The minimum absolute atomic E-state index is 0.123. The zero-order valence-electron chi connectivity index (χ0n) is 11.4. The van der Waals surface area contributed by atoms with Gasteiger partial charge in [-0.1, -0.05) is 19.1 Å². The Morgan fingerprint density at radius 1 is 1.35 bits per heavy atom. The fourth-order valence-corrected chi connectivity index (χ4v) is 1.46. The molecular weight excluding hydrogens is 212 g/mol. The molecule has 96 valence electrons. The maximum absolute atomic E-state index is 5.84. The van der Waals surface area contributed by atoms with Crippen LogP contribution in [0.25, 0.3) is 0 Å². The van der Waals surface area contributed by atoms with E-state index in [0.29, 0.717) is 13.2 Å². The Morgan fingerprint density at radius 2 is 2.06 bits per heavy atom. The lowest BCUT2D eigenvalue weighted by atomic mass is 10.0. The summed E-state index contributed by atoms with van der Waals surface area (Å²) in [7, 11) is 4.05. The topological polar surface area (TPSA) is 38.5 Å². The van der Waals surface area contributed by atoms with Crippen LogP contribution < -0.4 is 10.5 Å². The van der Waals surface area contributed by atoms with Crippen molar-refractivity contribution in [2.45, 2.75) is 25.8 Å². The Morgan fingerprint density at radius 3 is 2.59 bits per heavy atom.